The molecule has 0 saturated heterocycles. The molecule has 0 radical (unpaired) electrons. The lowest BCUT2D eigenvalue weighted by Crippen LogP contribution is -2.41. The summed E-state index contributed by atoms with van der Waals surface area (Å²) in [6.07, 6.45) is 1.18. The fourth-order valence-electron chi connectivity index (χ4n) is 2.17. The number of halogens is 2. The number of aliphatic hydroxyl groups is 1. The number of nitro groups is 1. The van der Waals surface area contributed by atoms with Crippen molar-refractivity contribution in [1.29, 1.82) is 0 Å². The van der Waals surface area contributed by atoms with Crippen LogP contribution in [0.1, 0.15) is 33.3 Å². The molecular formula is C20H28ClIN2O6Si. The first-order valence-corrected chi connectivity index (χ1v) is 14.0. The van der Waals surface area contributed by atoms with Gasteiger partial charge in [0, 0.05) is 21.4 Å². The maximum Gasteiger partial charge on any atom is 0.343 e. The topological polar surface area (TPSA) is 111 Å². The molecule has 0 aliphatic carbocycles. The number of carbonyl (C=O) groups is 1. The van der Waals surface area contributed by atoms with Crippen LogP contribution in [0.5, 0.6) is 0 Å². The molecule has 1 aromatic rings. The van der Waals surface area contributed by atoms with E-state index in [4.69, 9.17) is 20.8 Å². The second kappa shape index (κ2) is 11.4. The summed E-state index contributed by atoms with van der Waals surface area (Å²) in [5.41, 5.74) is -0.669. The molecule has 0 unspecified atom stereocenters. The molecule has 1 aromatic carbocycles. The summed E-state index contributed by atoms with van der Waals surface area (Å²) < 4.78 is 11.5. The standard InChI is InChI=1S/C20H28ClIN2O6Si/c1-7-29-19(26)15(12-23-8-9-30-31(5,6)20(2,3)4)18(25)14-10-13(22)11-16(17(14)21)24(27)28/h10-12,25H,7-9H2,1-6H3. The molecule has 0 aromatic heterocycles. The van der Waals surface area contributed by atoms with E-state index in [1.807, 2.05) is 22.6 Å². The van der Waals surface area contributed by atoms with E-state index >= 15 is 0 Å². The van der Waals surface area contributed by atoms with Crippen LogP contribution in [0.25, 0.3) is 5.76 Å². The van der Waals surface area contributed by atoms with Gasteiger partial charge in [0.2, 0.25) is 0 Å². The third-order valence-corrected chi connectivity index (χ3v) is 10.5. The van der Waals surface area contributed by atoms with Crippen LogP contribution in [0.15, 0.2) is 22.7 Å². The number of aliphatic imine (C=N–C) groups is 1. The van der Waals surface area contributed by atoms with Crippen molar-refractivity contribution in [3.8, 4) is 0 Å². The van der Waals surface area contributed by atoms with Crippen LogP contribution in [-0.4, -0.2) is 50.3 Å². The van der Waals surface area contributed by atoms with Gasteiger partial charge in [-0.25, -0.2) is 4.79 Å². The highest BCUT2D eigenvalue weighted by atomic mass is 127. The molecular weight excluding hydrogens is 555 g/mol. The monoisotopic (exact) mass is 582 g/mol. The minimum Gasteiger partial charge on any atom is -0.506 e. The smallest absolute Gasteiger partial charge is 0.343 e. The highest BCUT2D eigenvalue weighted by molar-refractivity contribution is 14.1. The van der Waals surface area contributed by atoms with E-state index in [2.05, 4.69) is 38.9 Å². The van der Waals surface area contributed by atoms with Gasteiger partial charge in [0.15, 0.2) is 8.32 Å². The Hall–Kier alpha value is -1.50. The number of rotatable bonds is 9. The molecule has 8 nitrogen and oxygen atoms in total. The molecule has 1 rings (SSSR count). The Bertz CT molecular complexity index is 896. The quantitative estimate of drug-likeness (QED) is 0.0455. The average molecular weight is 583 g/mol. The molecule has 0 bridgehead atoms. The summed E-state index contributed by atoms with van der Waals surface area (Å²) in [7, 11) is -1.93. The van der Waals surface area contributed by atoms with Gasteiger partial charge in [-0.1, -0.05) is 32.4 Å². The molecule has 0 saturated carbocycles. The number of aliphatic hydroxyl groups excluding tert-OH is 1. The minimum absolute atomic E-state index is 0.0488. The number of nitrogens with zero attached hydrogens (tertiary/aromatic N) is 2. The van der Waals surface area contributed by atoms with Gasteiger partial charge in [0.1, 0.15) is 16.4 Å². The summed E-state index contributed by atoms with van der Waals surface area (Å²) in [5, 5.41) is 21.8. The van der Waals surface area contributed by atoms with Gasteiger partial charge in [0.05, 0.1) is 24.7 Å². The van der Waals surface area contributed by atoms with E-state index in [9.17, 15) is 20.0 Å². The van der Waals surface area contributed by atoms with Gasteiger partial charge in [-0.2, -0.15) is 0 Å². The molecule has 0 spiro atoms. The van der Waals surface area contributed by atoms with Crippen molar-refractivity contribution in [1.82, 2.24) is 0 Å². The predicted octanol–water partition coefficient (Wildman–Crippen LogP) is 5.78. The Kier molecular flexibility index (Phi) is 10.1. The van der Waals surface area contributed by atoms with E-state index in [0.29, 0.717) is 10.2 Å². The van der Waals surface area contributed by atoms with Gasteiger partial charge in [-0.15, -0.1) is 0 Å². The minimum atomic E-state index is -1.93. The number of hydrogen-bond donors (Lipinski definition) is 1. The van der Waals surface area contributed by atoms with Crippen molar-refractivity contribution in [3.63, 3.8) is 0 Å². The van der Waals surface area contributed by atoms with Gasteiger partial charge < -0.3 is 14.3 Å². The summed E-state index contributed by atoms with van der Waals surface area (Å²) >= 11 is 7.99. The third kappa shape index (κ3) is 7.54. The zero-order valence-electron chi connectivity index (χ0n) is 18.5. The van der Waals surface area contributed by atoms with E-state index in [-0.39, 0.29) is 40.0 Å². The molecule has 0 heterocycles. The van der Waals surface area contributed by atoms with Crippen LogP contribution in [0.3, 0.4) is 0 Å². The van der Waals surface area contributed by atoms with Crippen molar-refractivity contribution >= 4 is 66.1 Å². The van der Waals surface area contributed by atoms with Gasteiger partial charge in [-0.05, 0) is 53.7 Å². The first kappa shape index (κ1) is 27.5. The number of nitro benzene ring substituents is 1. The van der Waals surface area contributed by atoms with Crippen LogP contribution in [0.4, 0.5) is 5.69 Å². The number of benzene rings is 1. The van der Waals surface area contributed by atoms with Crippen molar-refractivity contribution < 1.29 is 24.0 Å². The molecule has 31 heavy (non-hydrogen) atoms. The van der Waals surface area contributed by atoms with E-state index in [1.165, 1.54) is 18.3 Å². The zero-order valence-corrected chi connectivity index (χ0v) is 22.4. The largest absolute Gasteiger partial charge is 0.506 e. The van der Waals surface area contributed by atoms with Crippen LogP contribution in [0.2, 0.25) is 23.2 Å². The van der Waals surface area contributed by atoms with Crippen molar-refractivity contribution in [2.45, 2.75) is 45.8 Å². The lowest BCUT2D eigenvalue weighted by atomic mass is 10.1. The Morgan fingerprint density at radius 3 is 2.52 bits per heavy atom. The Balaban J connectivity index is 3.23. The molecule has 1 N–H and O–H groups in total. The van der Waals surface area contributed by atoms with E-state index in [0.717, 1.165) is 0 Å². The number of carbonyl (C=O) groups excluding carboxylic acids is 1. The van der Waals surface area contributed by atoms with Gasteiger partial charge in [0.25, 0.3) is 5.69 Å². The predicted molar refractivity (Wildman–Crippen MR) is 134 cm³/mol. The number of esters is 1. The maximum atomic E-state index is 12.4. The fraction of sp³-hybridized carbons (Fsp3) is 0.500. The van der Waals surface area contributed by atoms with Gasteiger partial charge in [-0.3, -0.25) is 15.1 Å². The lowest BCUT2D eigenvalue weighted by Gasteiger charge is -2.35. The van der Waals surface area contributed by atoms with E-state index < -0.39 is 25.0 Å². The Morgan fingerprint density at radius 1 is 1.39 bits per heavy atom. The lowest BCUT2D eigenvalue weighted by molar-refractivity contribution is -0.384. The molecule has 0 aliphatic rings. The average Bonchev–Trinajstić information content (AvgIpc) is 2.64. The first-order chi connectivity index (χ1) is 14.2. The first-order valence-electron chi connectivity index (χ1n) is 9.60. The molecule has 0 aliphatic heterocycles. The molecule has 172 valence electrons. The second-order valence-electron chi connectivity index (χ2n) is 8.17. The van der Waals surface area contributed by atoms with Crippen molar-refractivity contribution in [2.75, 3.05) is 19.8 Å². The molecule has 0 amide bonds. The Labute approximate surface area is 202 Å². The van der Waals surface area contributed by atoms with Crippen LogP contribution in [-0.2, 0) is 14.0 Å². The highest BCUT2D eigenvalue weighted by Crippen LogP contribution is 2.36. The van der Waals surface area contributed by atoms with E-state index in [1.54, 1.807) is 6.92 Å². The fourth-order valence-corrected chi connectivity index (χ4v) is 4.08. The number of hydrogen-bond acceptors (Lipinski definition) is 7. The zero-order chi connectivity index (χ0) is 24.0. The van der Waals surface area contributed by atoms with Crippen LogP contribution < -0.4 is 0 Å². The van der Waals surface area contributed by atoms with Crippen molar-refractivity contribution in [2.24, 2.45) is 4.99 Å². The SMILES string of the molecule is CCOC(=O)C(C=NCCO[Si](C)(C)C(C)(C)C)=C(O)c1cc(I)cc([N+](=O)[O-])c1Cl. The van der Waals surface area contributed by atoms with Gasteiger partial charge >= 0.3 is 5.97 Å². The molecule has 0 fully saturated rings. The van der Waals surface area contributed by atoms with Crippen LogP contribution >= 0.6 is 34.2 Å². The summed E-state index contributed by atoms with van der Waals surface area (Å²) in [6, 6.07) is 2.72. The Morgan fingerprint density at radius 2 is 2.00 bits per heavy atom. The molecule has 0 atom stereocenters. The normalized spacial score (nSPS) is 13.3. The highest BCUT2D eigenvalue weighted by Gasteiger charge is 2.36. The van der Waals surface area contributed by atoms with Crippen molar-refractivity contribution in [3.05, 3.63) is 42.0 Å². The second-order valence-corrected chi connectivity index (χ2v) is 14.6. The van der Waals surface area contributed by atoms with Crippen LogP contribution in [0, 0.1) is 13.7 Å². The summed E-state index contributed by atoms with van der Waals surface area (Å²) in [6.45, 7) is 13.0. The number of ether oxygens (including phenoxy) is 1. The molecule has 11 heteroatoms. The summed E-state index contributed by atoms with van der Waals surface area (Å²) in [5.74, 6) is -1.36. The maximum absolute atomic E-state index is 12.4. The third-order valence-electron chi connectivity index (χ3n) is 4.93. The summed E-state index contributed by atoms with van der Waals surface area (Å²) in [4.78, 5) is 27.2.